The lowest BCUT2D eigenvalue weighted by Crippen LogP contribution is -2.34. The van der Waals surface area contributed by atoms with E-state index in [-0.39, 0.29) is 10.9 Å². The van der Waals surface area contributed by atoms with Crippen LogP contribution in [0.2, 0.25) is 0 Å². The van der Waals surface area contributed by atoms with Gasteiger partial charge in [-0.15, -0.1) is 0 Å². The van der Waals surface area contributed by atoms with Crippen molar-refractivity contribution >= 4 is 39.2 Å². The molecule has 2 rings (SSSR count). The molecule has 0 radical (unpaired) electrons. The quantitative estimate of drug-likeness (QED) is 0.826. The van der Waals surface area contributed by atoms with Gasteiger partial charge in [0.25, 0.3) is 5.91 Å². The first-order valence-electron chi connectivity index (χ1n) is 5.44. The minimum atomic E-state index is -0.451. The van der Waals surface area contributed by atoms with Crippen LogP contribution in [0.3, 0.4) is 0 Å². The van der Waals surface area contributed by atoms with E-state index in [1.807, 2.05) is 25.1 Å². The number of amides is 1. The molecule has 0 bridgehead atoms. The van der Waals surface area contributed by atoms with E-state index in [0.717, 1.165) is 15.6 Å². The average molecular weight is 339 g/mol. The summed E-state index contributed by atoms with van der Waals surface area (Å²) in [6.07, 6.45) is 0. The Hall–Kier alpha value is -1.66. The largest absolute Gasteiger partial charge is 0.451 e. The second-order valence-electron chi connectivity index (χ2n) is 3.95. The van der Waals surface area contributed by atoms with Crippen LogP contribution in [0.5, 0.6) is 0 Å². The van der Waals surface area contributed by atoms with Crippen molar-refractivity contribution in [1.82, 2.24) is 5.32 Å². The first-order chi connectivity index (χ1) is 8.97. The van der Waals surface area contributed by atoms with E-state index < -0.39 is 5.91 Å². The Morgan fingerprint density at radius 2 is 2.11 bits per heavy atom. The second kappa shape index (κ2) is 5.54. The summed E-state index contributed by atoms with van der Waals surface area (Å²) in [4.78, 5) is 11.6. The van der Waals surface area contributed by atoms with E-state index >= 15 is 0 Å². The summed E-state index contributed by atoms with van der Waals surface area (Å²) in [6, 6.07) is 9.13. The van der Waals surface area contributed by atoms with Crippen LogP contribution in [0.4, 0.5) is 0 Å². The van der Waals surface area contributed by atoms with E-state index in [1.54, 1.807) is 12.1 Å². The van der Waals surface area contributed by atoms with Crippen LogP contribution in [-0.4, -0.2) is 11.0 Å². The van der Waals surface area contributed by atoms with Gasteiger partial charge in [0.1, 0.15) is 5.76 Å². The summed E-state index contributed by atoms with van der Waals surface area (Å²) < 4.78 is 6.51. The fourth-order valence-electron chi connectivity index (χ4n) is 1.59. The molecule has 1 aromatic carbocycles. The van der Waals surface area contributed by atoms with E-state index in [1.165, 1.54) is 0 Å². The van der Waals surface area contributed by atoms with Gasteiger partial charge in [0, 0.05) is 10.0 Å². The van der Waals surface area contributed by atoms with Crippen LogP contribution in [0.25, 0.3) is 11.3 Å². The van der Waals surface area contributed by atoms with Gasteiger partial charge in [-0.05, 0) is 49.0 Å². The minimum Gasteiger partial charge on any atom is -0.451 e. The zero-order valence-electron chi connectivity index (χ0n) is 10.1. The van der Waals surface area contributed by atoms with Gasteiger partial charge in [-0.25, -0.2) is 0 Å². The lowest BCUT2D eigenvalue weighted by molar-refractivity contribution is 0.0951. The maximum absolute atomic E-state index is 11.6. The van der Waals surface area contributed by atoms with Crippen LogP contribution < -0.4 is 11.1 Å². The number of carbonyl (C=O) groups excluding carboxylic acids is 1. The maximum atomic E-state index is 11.6. The van der Waals surface area contributed by atoms with Crippen molar-refractivity contribution in [3.63, 3.8) is 0 Å². The lowest BCUT2D eigenvalue weighted by atomic mass is 10.1. The molecule has 4 nitrogen and oxygen atoms in total. The molecule has 2 aromatic rings. The third-order valence-corrected chi connectivity index (χ3v) is 3.50. The monoisotopic (exact) mass is 338 g/mol. The Balaban J connectivity index is 2.27. The molecule has 0 aliphatic heterocycles. The van der Waals surface area contributed by atoms with Crippen LogP contribution in [0.1, 0.15) is 16.1 Å². The predicted octanol–water partition coefficient (Wildman–Crippen LogP) is 2.99. The summed E-state index contributed by atoms with van der Waals surface area (Å²) in [5, 5.41) is 2.23. The fourth-order valence-corrected chi connectivity index (χ4v) is 1.93. The Morgan fingerprint density at radius 3 is 2.74 bits per heavy atom. The van der Waals surface area contributed by atoms with Crippen LogP contribution in [0.15, 0.2) is 39.2 Å². The molecule has 1 heterocycles. The first-order valence-corrected chi connectivity index (χ1v) is 6.64. The summed E-state index contributed by atoms with van der Waals surface area (Å²) in [5.41, 5.74) is 7.22. The molecule has 98 valence electrons. The molecule has 0 fully saturated rings. The SMILES string of the molecule is Cc1cc(-c2ccc(C(=O)NC(N)=S)o2)ccc1Br. The lowest BCUT2D eigenvalue weighted by Gasteiger charge is -2.02. The van der Waals surface area contributed by atoms with Crippen molar-refractivity contribution in [2.24, 2.45) is 5.73 Å². The first kappa shape index (κ1) is 13.8. The molecule has 0 aliphatic rings. The van der Waals surface area contributed by atoms with Gasteiger partial charge in [0.15, 0.2) is 10.9 Å². The molecule has 0 aliphatic carbocycles. The number of nitrogens with two attached hydrogens (primary N) is 1. The summed E-state index contributed by atoms with van der Waals surface area (Å²) in [5.74, 6) is 0.333. The zero-order chi connectivity index (χ0) is 14.0. The number of benzene rings is 1. The topological polar surface area (TPSA) is 68.3 Å². The van der Waals surface area contributed by atoms with Gasteiger partial charge in [0.2, 0.25) is 0 Å². The molecular weight excluding hydrogens is 328 g/mol. The van der Waals surface area contributed by atoms with E-state index in [2.05, 4.69) is 33.5 Å². The third-order valence-electron chi connectivity index (χ3n) is 2.51. The number of halogens is 1. The number of furan rings is 1. The molecule has 0 atom stereocenters. The van der Waals surface area contributed by atoms with Crippen molar-refractivity contribution in [3.8, 4) is 11.3 Å². The van der Waals surface area contributed by atoms with Gasteiger partial charge in [-0.3, -0.25) is 10.1 Å². The van der Waals surface area contributed by atoms with Crippen LogP contribution >= 0.6 is 28.1 Å². The highest BCUT2D eigenvalue weighted by molar-refractivity contribution is 9.10. The Morgan fingerprint density at radius 1 is 1.37 bits per heavy atom. The van der Waals surface area contributed by atoms with E-state index in [9.17, 15) is 4.79 Å². The smallest absolute Gasteiger partial charge is 0.293 e. The number of aryl methyl sites for hydroxylation is 1. The van der Waals surface area contributed by atoms with Gasteiger partial charge >= 0.3 is 0 Å². The Kier molecular flexibility index (Phi) is 4.01. The number of thiocarbonyl (C=S) groups is 1. The summed E-state index contributed by atoms with van der Waals surface area (Å²) >= 11 is 8.04. The van der Waals surface area contributed by atoms with Crippen LogP contribution in [-0.2, 0) is 0 Å². The number of nitrogens with one attached hydrogen (secondary N) is 1. The third kappa shape index (κ3) is 3.21. The van der Waals surface area contributed by atoms with E-state index in [0.29, 0.717) is 5.76 Å². The van der Waals surface area contributed by atoms with Gasteiger partial charge in [-0.1, -0.05) is 22.0 Å². The van der Waals surface area contributed by atoms with Crippen LogP contribution in [0, 0.1) is 6.92 Å². The molecule has 6 heteroatoms. The molecular formula is C13H11BrN2O2S. The molecule has 3 N–H and O–H groups in total. The molecule has 1 aromatic heterocycles. The number of hydrogen-bond acceptors (Lipinski definition) is 3. The van der Waals surface area contributed by atoms with Gasteiger partial charge in [0.05, 0.1) is 0 Å². The zero-order valence-corrected chi connectivity index (χ0v) is 12.5. The molecule has 0 saturated heterocycles. The highest BCUT2D eigenvalue weighted by atomic mass is 79.9. The normalized spacial score (nSPS) is 10.2. The number of hydrogen-bond donors (Lipinski definition) is 2. The second-order valence-corrected chi connectivity index (χ2v) is 5.24. The minimum absolute atomic E-state index is 0.0811. The summed E-state index contributed by atoms with van der Waals surface area (Å²) in [7, 11) is 0. The summed E-state index contributed by atoms with van der Waals surface area (Å²) in [6.45, 7) is 1.98. The van der Waals surface area contributed by atoms with E-state index in [4.69, 9.17) is 10.2 Å². The molecule has 1 amide bonds. The molecule has 0 unspecified atom stereocenters. The number of rotatable bonds is 2. The average Bonchev–Trinajstić information content (AvgIpc) is 2.81. The standard InChI is InChI=1S/C13H11BrN2O2S/c1-7-6-8(2-3-9(7)14)10-4-5-11(18-10)12(17)16-13(15)19/h2-6H,1H3,(H3,15,16,17,19). The Labute approximate surface area is 124 Å². The van der Waals surface area contributed by atoms with Crippen molar-refractivity contribution in [3.05, 3.63) is 46.1 Å². The molecule has 0 saturated carbocycles. The maximum Gasteiger partial charge on any atom is 0.293 e. The van der Waals surface area contributed by atoms with Crippen molar-refractivity contribution < 1.29 is 9.21 Å². The Bertz CT molecular complexity index is 652. The molecule has 0 spiro atoms. The molecule has 19 heavy (non-hydrogen) atoms. The predicted molar refractivity (Wildman–Crippen MR) is 80.8 cm³/mol. The van der Waals surface area contributed by atoms with Crippen molar-refractivity contribution in [2.75, 3.05) is 0 Å². The number of carbonyl (C=O) groups is 1. The van der Waals surface area contributed by atoms with Crippen molar-refractivity contribution in [1.29, 1.82) is 0 Å². The highest BCUT2D eigenvalue weighted by Crippen LogP contribution is 2.26. The highest BCUT2D eigenvalue weighted by Gasteiger charge is 2.12. The van der Waals surface area contributed by atoms with Gasteiger partial charge < -0.3 is 10.2 Å². The fraction of sp³-hybridized carbons (Fsp3) is 0.0769. The van der Waals surface area contributed by atoms with Crippen molar-refractivity contribution in [2.45, 2.75) is 6.92 Å². The van der Waals surface area contributed by atoms with Gasteiger partial charge in [-0.2, -0.15) is 0 Å².